The van der Waals surface area contributed by atoms with Crippen LogP contribution in [0.2, 0.25) is 0 Å². The number of carbonyl (C=O) groups is 3. The lowest BCUT2D eigenvalue weighted by Crippen LogP contribution is -2.46. The molecule has 2 rings (SSSR count). The molecule has 1 fully saturated rings. The second-order valence-corrected chi connectivity index (χ2v) is 6.83. The zero-order valence-corrected chi connectivity index (χ0v) is 15.0. The maximum absolute atomic E-state index is 12.8. The number of aliphatic hydroxyl groups is 1. The Morgan fingerprint density at radius 3 is 2.44 bits per heavy atom. The molecule has 0 bridgehead atoms. The molecule has 1 aliphatic heterocycles. The van der Waals surface area contributed by atoms with Crippen LogP contribution in [-0.2, 0) is 15.1 Å². The molecular formula is C18H25N3O4. The van der Waals surface area contributed by atoms with E-state index < -0.39 is 23.4 Å². The summed E-state index contributed by atoms with van der Waals surface area (Å²) in [6.45, 7) is 6.72. The smallest absolute Gasteiger partial charge is 0.325 e. The van der Waals surface area contributed by atoms with E-state index in [1.165, 1.54) is 0 Å². The minimum atomic E-state index is -1.19. The van der Waals surface area contributed by atoms with E-state index in [-0.39, 0.29) is 25.1 Å². The van der Waals surface area contributed by atoms with Crippen molar-refractivity contribution in [2.24, 2.45) is 5.92 Å². The fraction of sp³-hybridized carbons (Fsp3) is 0.500. The molecule has 0 aromatic heterocycles. The first kappa shape index (κ1) is 18.9. The summed E-state index contributed by atoms with van der Waals surface area (Å²) < 4.78 is 0. The maximum Gasteiger partial charge on any atom is 0.325 e. The Balaban J connectivity index is 2.10. The van der Waals surface area contributed by atoms with Gasteiger partial charge in [-0.2, -0.15) is 0 Å². The van der Waals surface area contributed by atoms with Crippen LogP contribution >= 0.6 is 0 Å². The number of urea groups is 1. The summed E-state index contributed by atoms with van der Waals surface area (Å²) in [6.07, 6.45) is 0. The van der Waals surface area contributed by atoms with Crippen molar-refractivity contribution in [3.8, 4) is 0 Å². The lowest BCUT2D eigenvalue weighted by atomic mass is 9.91. The molecule has 1 aliphatic rings. The molecule has 7 heteroatoms. The molecule has 3 atom stereocenters. The van der Waals surface area contributed by atoms with Gasteiger partial charge < -0.3 is 15.7 Å². The molecular weight excluding hydrogens is 322 g/mol. The Hall–Kier alpha value is -2.41. The minimum absolute atomic E-state index is 0.0595. The van der Waals surface area contributed by atoms with Crippen LogP contribution in [0.15, 0.2) is 24.3 Å². The third-order valence-corrected chi connectivity index (χ3v) is 4.74. The summed E-state index contributed by atoms with van der Waals surface area (Å²) in [7, 11) is 0. The number of hydrogen-bond donors (Lipinski definition) is 3. The van der Waals surface area contributed by atoms with E-state index in [1.807, 2.05) is 19.1 Å². The molecule has 7 nitrogen and oxygen atoms in total. The quantitative estimate of drug-likeness (QED) is 0.666. The second kappa shape index (κ2) is 7.23. The summed E-state index contributed by atoms with van der Waals surface area (Å²) in [5, 5.41) is 14.5. The van der Waals surface area contributed by atoms with Gasteiger partial charge >= 0.3 is 6.03 Å². The third-order valence-electron chi connectivity index (χ3n) is 4.74. The molecule has 0 aliphatic carbocycles. The SMILES string of the molecule is Cc1ccc([C@]2(C)NC(=O)N(CC(=O)N[C@H](C)[C@H](C)CO)C2=O)cc1. The number of aryl methyl sites for hydroxylation is 1. The topological polar surface area (TPSA) is 98.7 Å². The van der Waals surface area contributed by atoms with E-state index in [0.29, 0.717) is 5.56 Å². The van der Waals surface area contributed by atoms with Crippen LogP contribution in [0.25, 0.3) is 0 Å². The van der Waals surface area contributed by atoms with E-state index in [0.717, 1.165) is 10.5 Å². The predicted molar refractivity (Wildman–Crippen MR) is 92.6 cm³/mol. The van der Waals surface area contributed by atoms with Crippen LogP contribution in [0, 0.1) is 12.8 Å². The first-order valence-corrected chi connectivity index (χ1v) is 8.30. The van der Waals surface area contributed by atoms with Gasteiger partial charge in [-0.05, 0) is 32.3 Å². The van der Waals surface area contributed by atoms with Crippen LogP contribution in [-0.4, -0.2) is 47.0 Å². The highest BCUT2D eigenvalue weighted by Gasteiger charge is 2.49. The number of rotatable bonds is 6. The number of imide groups is 1. The van der Waals surface area contributed by atoms with E-state index >= 15 is 0 Å². The first-order valence-electron chi connectivity index (χ1n) is 8.30. The van der Waals surface area contributed by atoms with Gasteiger partial charge in [0.1, 0.15) is 12.1 Å². The van der Waals surface area contributed by atoms with Crippen LogP contribution in [0.4, 0.5) is 4.79 Å². The lowest BCUT2D eigenvalue weighted by Gasteiger charge is -2.23. The van der Waals surface area contributed by atoms with E-state index in [1.54, 1.807) is 32.9 Å². The average Bonchev–Trinajstić information content (AvgIpc) is 2.78. The van der Waals surface area contributed by atoms with Gasteiger partial charge in [-0.15, -0.1) is 0 Å². The normalized spacial score (nSPS) is 22.5. The van der Waals surface area contributed by atoms with Crippen molar-refractivity contribution in [3.05, 3.63) is 35.4 Å². The van der Waals surface area contributed by atoms with Crippen molar-refractivity contribution in [2.45, 2.75) is 39.3 Å². The number of nitrogens with one attached hydrogen (secondary N) is 2. The van der Waals surface area contributed by atoms with Crippen LogP contribution < -0.4 is 10.6 Å². The van der Waals surface area contributed by atoms with Crippen molar-refractivity contribution in [1.29, 1.82) is 0 Å². The summed E-state index contributed by atoms with van der Waals surface area (Å²) in [5.74, 6) is -1.02. The molecule has 3 N–H and O–H groups in total. The van der Waals surface area contributed by atoms with Crippen LogP contribution in [0.1, 0.15) is 31.9 Å². The van der Waals surface area contributed by atoms with Crippen molar-refractivity contribution in [3.63, 3.8) is 0 Å². The molecule has 1 aromatic rings. The van der Waals surface area contributed by atoms with Gasteiger partial charge in [0.2, 0.25) is 5.91 Å². The van der Waals surface area contributed by atoms with Gasteiger partial charge in [-0.1, -0.05) is 36.8 Å². The van der Waals surface area contributed by atoms with Crippen LogP contribution in [0.5, 0.6) is 0 Å². The third kappa shape index (κ3) is 3.82. The standard InChI is InChI=1S/C18H25N3O4/c1-11-5-7-14(8-6-11)18(4)16(24)21(17(25)20-18)9-15(23)19-13(3)12(2)10-22/h5-8,12-13,22H,9-10H2,1-4H3,(H,19,23)(H,20,25)/t12-,13-,18+/m1/s1. The fourth-order valence-electron chi connectivity index (χ4n) is 2.67. The number of aliphatic hydroxyl groups excluding tert-OH is 1. The number of hydrogen-bond acceptors (Lipinski definition) is 4. The zero-order valence-electron chi connectivity index (χ0n) is 15.0. The van der Waals surface area contributed by atoms with Crippen molar-refractivity contribution >= 4 is 17.8 Å². The fourth-order valence-corrected chi connectivity index (χ4v) is 2.67. The Kier molecular flexibility index (Phi) is 5.47. The molecule has 136 valence electrons. The molecule has 4 amide bonds. The summed E-state index contributed by atoms with van der Waals surface area (Å²) >= 11 is 0. The first-order chi connectivity index (χ1) is 11.7. The van der Waals surface area contributed by atoms with Gasteiger partial charge in [-0.3, -0.25) is 14.5 Å². The lowest BCUT2D eigenvalue weighted by molar-refractivity contribution is -0.135. The monoisotopic (exact) mass is 347 g/mol. The Morgan fingerprint density at radius 2 is 1.88 bits per heavy atom. The molecule has 25 heavy (non-hydrogen) atoms. The van der Waals surface area contributed by atoms with Gasteiger partial charge in [0.15, 0.2) is 0 Å². The summed E-state index contributed by atoms with van der Waals surface area (Å²) in [6, 6.07) is 6.47. The van der Waals surface area contributed by atoms with Gasteiger partial charge in [0.05, 0.1) is 0 Å². The highest BCUT2D eigenvalue weighted by Crippen LogP contribution is 2.28. The Labute approximate surface area is 147 Å². The summed E-state index contributed by atoms with van der Waals surface area (Å²) in [5.41, 5.74) is 0.531. The molecule has 0 spiro atoms. The van der Waals surface area contributed by atoms with Gasteiger partial charge in [0.25, 0.3) is 5.91 Å². The number of carbonyl (C=O) groups excluding carboxylic acids is 3. The maximum atomic E-state index is 12.8. The van der Waals surface area contributed by atoms with Gasteiger partial charge in [-0.25, -0.2) is 4.79 Å². The largest absolute Gasteiger partial charge is 0.396 e. The number of nitrogens with zero attached hydrogens (tertiary/aromatic N) is 1. The van der Waals surface area contributed by atoms with Crippen molar-refractivity contribution < 1.29 is 19.5 Å². The van der Waals surface area contributed by atoms with E-state index in [2.05, 4.69) is 10.6 Å². The number of benzene rings is 1. The Bertz CT molecular complexity index is 673. The predicted octanol–water partition coefficient (Wildman–Crippen LogP) is 0.895. The van der Waals surface area contributed by atoms with Crippen molar-refractivity contribution in [1.82, 2.24) is 15.5 Å². The average molecular weight is 347 g/mol. The van der Waals surface area contributed by atoms with Gasteiger partial charge in [0, 0.05) is 12.6 Å². The van der Waals surface area contributed by atoms with E-state index in [4.69, 9.17) is 5.11 Å². The highest BCUT2D eigenvalue weighted by atomic mass is 16.3. The van der Waals surface area contributed by atoms with Crippen molar-refractivity contribution in [2.75, 3.05) is 13.2 Å². The molecule has 0 saturated carbocycles. The molecule has 0 radical (unpaired) electrons. The molecule has 1 saturated heterocycles. The highest BCUT2D eigenvalue weighted by molar-refractivity contribution is 6.09. The zero-order chi connectivity index (χ0) is 18.8. The van der Waals surface area contributed by atoms with E-state index in [9.17, 15) is 14.4 Å². The molecule has 1 aromatic carbocycles. The second-order valence-electron chi connectivity index (χ2n) is 6.83. The summed E-state index contributed by atoms with van der Waals surface area (Å²) in [4.78, 5) is 38.1. The minimum Gasteiger partial charge on any atom is -0.396 e. The molecule has 1 heterocycles. The Morgan fingerprint density at radius 1 is 1.28 bits per heavy atom. The number of amides is 4. The molecule has 0 unspecified atom stereocenters. The van der Waals surface area contributed by atoms with Crippen LogP contribution in [0.3, 0.4) is 0 Å².